The van der Waals surface area contributed by atoms with Gasteiger partial charge in [0.05, 0.1) is 7.11 Å². The summed E-state index contributed by atoms with van der Waals surface area (Å²) in [5.74, 6) is -5.69. The Bertz CT molecular complexity index is 539. The molecule has 1 unspecified atom stereocenters. The van der Waals surface area contributed by atoms with Crippen molar-refractivity contribution in [1.82, 2.24) is 5.32 Å². The Morgan fingerprint density at radius 1 is 1.24 bits per heavy atom. The molecule has 0 saturated heterocycles. The number of ether oxygens (including phenoxy) is 1. The van der Waals surface area contributed by atoms with Gasteiger partial charge in [0, 0.05) is 12.1 Å². The second kappa shape index (κ2) is 6.60. The molecular formula is C14H16F3NO3. The number of benzene rings is 1. The summed E-state index contributed by atoms with van der Waals surface area (Å²) in [5.41, 5.74) is -2.36. The van der Waals surface area contributed by atoms with Gasteiger partial charge in [0.25, 0.3) is 5.91 Å². The molecule has 0 radical (unpaired) electrons. The summed E-state index contributed by atoms with van der Waals surface area (Å²) < 4.78 is 44.5. The molecule has 1 atom stereocenters. The first-order chi connectivity index (χ1) is 9.75. The van der Waals surface area contributed by atoms with Crippen LogP contribution in [0.15, 0.2) is 12.1 Å². The lowest BCUT2D eigenvalue weighted by Crippen LogP contribution is -2.53. The monoisotopic (exact) mass is 303 g/mol. The van der Waals surface area contributed by atoms with E-state index in [0.29, 0.717) is 18.6 Å². The zero-order valence-corrected chi connectivity index (χ0v) is 11.9. The minimum absolute atomic E-state index is 0.218. The Labute approximate surface area is 120 Å². The molecule has 4 nitrogen and oxygen atoms in total. The fourth-order valence-corrected chi connectivity index (χ4v) is 2.01. The lowest BCUT2D eigenvalue weighted by molar-refractivity contribution is -0.147. The first kappa shape index (κ1) is 17.0. The van der Waals surface area contributed by atoms with Crippen LogP contribution in [-0.2, 0) is 9.53 Å². The van der Waals surface area contributed by atoms with Gasteiger partial charge in [0.2, 0.25) is 0 Å². The van der Waals surface area contributed by atoms with Crippen molar-refractivity contribution in [2.75, 3.05) is 7.11 Å². The topological polar surface area (TPSA) is 55.4 Å². The molecule has 1 aromatic carbocycles. The highest BCUT2D eigenvalue weighted by Crippen LogP contribution is 2.19. The van der Waals surface area contributed by atoms with Crippen molar-refractivity contribution in [2.45, 2.75) is 32.2 Å². The molecule has 0 aromatic heterocycles. The van der Waals surface area contributed by atoms with E-state index in [9.17, 15) is 22.8 Å². The van der Waals surface area contributed by atoms with Gasteiger partial charge < -0.3 is 10.1 Å². The molecule has 0 aliphatic heterocycles. The van der Waals surface area contributed by atoms with Gasteiger partial charge in [0.15, 0.2) is 0 Å². The molecule has 1 amide bonds. The SMILES string of the molecule is CCCC(C)(NC(=O)c1c(F)cc(F)cc1F)C(=O)OC. The zero-order chi connectivity index (χ0) is 16.2. The maximum Gasteiger partial charge on any atom is 0.331 e. The number of esters is 1. The number of amides is 1. The molecule has 0 saturated carbocycles. The van der Waals surface area contributed by atoms with Crippen molar-refractivity contribution < 1.29 is 27.5 Å². The molecule has 0 heterocycles. The Hall–Kier alpha value is -2.05. The lowest BCUT2D eigenvalue weighted by atomic mass is 9.95. The molecule has 0 aliphatic carbocycles. The molecule has 0 bridgehead atoms. The van der Waals surface area contributed by atoms with E-state index in [-0.39, 0.29) is 6.42 Å². The van der Waals surface area contributed by atoms with Gasteiger partial charge in [-0.2, -0.15) is 0 Å². The normalized spacial score (nSPS) is 13.4. The molecule has 1 aromatic rings. The van der Waals surface area contributed by atoms with E-state index in [1.54, 1.807) is 6.92 Å². The fourth-order valence-electron chi connectivity index (χ4n) is 2.01. The third-order valence-electron chi connectivity index (χ3n) is 3.01. The van der Waals surface area contributed by atoms with Crippen LogP contribution in [0.1, 0.15) is 37.0 Å². The van der Waals surface area contributed by atoms with E-state index in [2.05, 4.69) is 10.1 Å². The van der Waals surface area contributed by atoms with E-state index in [4.69, 9.17) is 0 Å². The second-order valence-corrected chi connectivity index (χ2v) is 4.77. The second-order valence-electron chi connectivity index (χ2n) is 4.77. The average molecular weight is 303 g/mol. The highest BCUT2D eigenvalue weighted by Gasteiger charge is 2.36. The number of methoxy groups -OCH3 is 1. The smallest absolute Gasteiger partial charge is 0.331 e. The molecule has 1 rings (SSSR count). The lowest BCUT2D eigenvalue weighted by Gasteiger charge is -2.27. The van der Waals surface area contributed by atoms with E-state index in [0.717, 1.165) is 7.11 Å². The van der Waals surface area contributed by atoms with E-state index in [1.165, 1.54) is 6.92 Å². The molecule has 21 heavy (non-hydrogen) atoms. The standard InChI is InChI=1S/C14H16F3NO3/c1-4-5-14(2,13(20)21-3)18-12(19)11-9(16)6-8(15)7-10(11)17/h6-7H,4-5H2,1-3H3,(H,18,19). The van der Waals surface area contributed by atoms with Gasteiger partial charge in [0.1, 0.15) is 28.6 Å². The fraction of sp³-hybridized carbons (Fsp3) is 0.429. The largest absolute Gasteiger partial charge is 0.467 e. The highest BCUT2D eigenvalue weighted by atomic mass is 19.1. The summed E-state index contributed by atoms with van der Waals surface area (Å²) in [7, 11) is 1.14. The number of halogens is 3. The zero-order valence-electron chi connectivity index (χ0n) is 11.9. The minimum atomic E-state index is -1.42. The molecule has 0 spiro atoms. The van der Waals surface area contributed by atoms with Crippen LogP contribution in [0.25, 0.3) is 0 Å². The molecule has 0 aliphatic rings. The van der Waals surface area contributed by atoms with Gasteiger partial charge in [-0.25, -0.2) is 18.0 Å². The Kier molecular flexibility index (Phi) is 5.34. The summed E-state index contributed by atoms with van der Waals surface area (Å²) in [5, 5.41) is 2.25. The van der Waals surface area contributed by atoms with Crippen LogP contribution in [-0.4, -0.2) is 24.5 Å². The number of hydrogen-bond donors (Lipinski definition) is 1. The predicted molar refractivity (Wildman–Crippen MR) is 69.1 cm³/mol. The summed E-state index contributed by atoms with van der Waals surface area (Å²) in [6.45, 7) is 3.16. The maximum atomic E-state index is 13.5. The average Bonchev–Trinajstić information content (AvgIpc) is 2.36. The molecule has 1 N–H and O–H groups in total. The van der Waals surface area contributed by atoms with Crippen molar-refractivity contribution in [3.63, 3.8) is 0 Å². The van der Waals surface area contributed by atoms with Gasteiger partial charge in [-0.05, 0) is 13.3 Å². The number of rotatable bonds is 5. The van der Waals surface area contributed by atoms with Crippen LogP contribution in [0.2, 0.25) is 0 Å². The molecular weight excluding hydrogens is 287 g/mol. The van der Waals surface area contributed by atoms with Crippen molar-refractivity contribution >= 4 is 11.9 Å². The van der Waals surface area contributed by atoms with Gasteiger partial charge >= 0.3 is 5.97 Å². The highest BCUT2D eigenvalue weighted by molar-refractivity contribution is 5.98. The number of hydrogen-bond acceptors (Lipinski definition) is 3. The number of carbonyl (C=O) groups excluding carboxylic acids is 2. The van der Waals surface area contributed by atoms with Crippen LogP contribution in [0, 0.1) is 17.5 Å². The third kappa shape index (κ3) is 3.74. The van der Waals surface area contributed by atoms with E-state index >= 15 is 0 Å². The third-order valence-corrected chi connectivity index (χ3v) is 3.01. The van der Waals surface area contributed by atoms with Crippen LogP contribution in [0.4, 0.5) is 13.2 Å². The summed E-state index contributed by atoms with van der Waals surface area (Å²) in [4.78, 5) is 23.7. The molecule has 0 fully saturated rings. The summed E-state index contributed by atoms with van der Waals surface area (Å²) in [6.07, 6.45) is 0.746. The van der Waals surface area contributed by atoms with Gasteiger partial charge in [-0.3, -0.25) is 4.79 Å². The van der Waals surface area contributed by atoms with Crippen molar-refractivity contribution in [3.05, 3.63) is 35.1 Å². The van der Waals surface area contributed by atoms with Gasteiger partial charge in [-0.1, -0.05) is 13.3 Å². The van der Waals surface area contributed by atoms with Crippen molar-refractivity contribution in [1.29, 1.82) is 0 Å². The van der Waals surface area contributed by atoms with E-state index in [1.807, 2.05) is 0 Å². The first-order valence-corrected chi connectivity index (χ1v) is 6.30. The van der Waals surface area contributed by atoms with Crippen molar-refractivity contribution in [2.24, 2.45) is 0 Å². The number of carbonyl (C=O) groups is 2. The predicted octanol–water partition coefficient (Wildman–Crippen LogP) is 2.57. The number of nitrogens with one attached hydrogen (secondary N) is 1. The van der Waals surface area contributed by atoms with Crippen molar-refractivity contribution in [3.8, 4) is 0 Å². The van der Waals surface area contributed by atoms with Crippen LogP contribution >= 0.6 is 0 Å². The van der Waals surface area contributed by atoms with E-state index < -0.39 is 40.4 Å². The van der Waals surface area contributed by atoms with Gasteiger partial charge in [-0.15, -0.1) is 0 Å². The Balaban J connectivity index is 3.11. The van der Waals surface area contributed by atoms with Crippen LogP contribution in [0.5, 0.6) is 0 Å². The maximum absolute atomic E-state index is 13.5. The summed E-state index contributed by atoms with van der Waals surface area (Å²) >= 11 is 0. The Morgan fingerprint density at radius 3 is 2.19 bits per heavy atom. The Morgan fingerprint density at radius 2 is 1.76 bits per heavy atom. The first-order valence-electron chi connectivity index (χ1n) is 6.30. The molecule has 116 valence electrons. The quantitative estimate of drug-likeness (QED) is 0.851. The molecule has 7 heteroatoms. The van der Waals surface area contributed by atoms with Crippen LogP contribution in [0.3, 0.4) is 0 Å². The summed E-state index contributed by atoms with van der Waals surface area (Å²) in [6, 6.07) is 0.792. The van der Waals surface area contributed by atoms with Crippen LogP contribution < -0.4 is 5.32 Å². The minimum Gasteiger partial charge on any atom is -0.467 e.